The van der Waals surface area contributed by atoms with Crippen LogP contribution in [-0.2, 0) is 4.79 Å². The fourth-order valence-corrected chi connectivity index (χ4v) is 1.59. The van der Waals surface area contributed by atoms with Crippen molar-refractivity contribution in [2.24, 2.45) is 5.73 Å². The van der Waals surface area contributed by atoms with E-state index in [4.69, 9.17) is 27.2 Å². The minimum Gasteiger partial charge on any atom is -0.492 e. The van der Waals surface area contributed by atoms with Crippen LogP contribution in [0.3, 0.4) is 0 Å². The highest BCUT2D eigenvalue weighted by Gasteiger charge is 2.16. The first-order valence-electron chi connectivity index (χ1n) is 4.46. The minimum absolute atomic E-state index is 0.0679. The Hall–Kier alpha value is -1.33. The number of hydrogen-bond donors (Lipinski definition) is 2. The van der Waals surface area contributed by atoms with Gasteiger partial charge in [-0.3, -0.25) is 4.79 Å². The third-order valence-corrected chi connectivity index (χ3v) is 2.33. The van der Waals surface area contributed by atoms with Crippen LogP contribution in [0.1, 0.15) is 18.0 Å². The summed E-state index contributed by atoms with van der Waals surface area (Å²) in [6.45, 7) is 0. The van der Waals surface area contributed by atoms with E-state index in [0.29, 0.717) is 5.56 Å². The molecule has 4 nitrogen and oxygen atoms in total. The molecule has 0 heterocycles. The van der Waals surface area contributed by atoms with Crippen LogP contribution in [0.25, 0.3) is 0 Å². The molecule has 6 heteroatoms. The second-order valence-electron chi connectivity index (χ2n) is 3.22. The molecule has 0 radical (unpaired) electrons. The van der Waals surface area contributed by atoms with Gasteiger partial charge >= 0.3 is 5.97 Å². The lowest BCUT2D eigenvalue weighted by Gasteiger charge is -2.12. The van der Waals surface area contributed by atoms with Gasteiger partial charge in [0, 0.05) is 6.04 Å². The number of nitrogens with two attached hydrogens (primary N) is 1. The fraction of sp³-hybridized carbons (Fsp3) is 0.300. The number of aliphatic carboxylic acids is 1. The molecular weight excluding hydrogens is 237 g/mol. The van der Waals surface area contributed by atoms with E-state index >= 15 is 0 Å². The smallest absolute Gasteiger partial charge is 0.305 e. The molecule has 0 amide bonds. The van der Waals surface area contributed by atoms with Crippen LogP contribution in [0.5, 0.6) is 5.75 Å². The molecule has 1 aromatic rings. The van der Waals surface area contributed by atoms with Gasteiger partial charge < -0.3 is 15.6 Å². The summed E-state index contributed by atoms with van der Waals surface area (Å²) >= 11 is 5.75. The maximum absolute atomic E-state index is 13.4. The summed E-state index contributed by atoms with van der Waals surface area (Å²) in [4.78, 5) is 10.4. The highest BCUT2D eigenvalue weighted by molar-refractivity contribution is 6.32. The van der Waals surface area contributed by atoms with Crippen molar-refractivity contribution in [3.05, 3.63) is 28.5 Å². The summed E-state index contributed by atoms with van der Waals surface area (Å²) in [5, 5.41) is 8.62. The number of benzene rings is 1. The average Bonchev–Trinajstić information content (AvgIpc) is 2.16. The Balaban J connectivity index is 3.03. The van der Waals surface area contributed by atoms with Crippen molar-refractivity contribution in [3.63, 3.8) is 0 Å². The van der Waals surface area contributed by atoms with Crippen LogP contribution in [-0.4, -0.2) is 18.2 Å². The summed E-state index contributed by atoms with van der Waals surface area (Å²) in [5.41, 5.74) is 5.90. The van der Waals surface area contributed by atoms with E-state index in [1.165, 1.54) is 13.2 Å². The second-order valence-corrected chi connectivity index (χ2v) is 3.63. The van der Waals surface area contributed by atoms with Crippen molar-refractivity contribution in [1.82, 2.24) is 0 Å². The molecule has 1 rings (SSSR count). The number of halogens is 2. The molecule has 0 fully saturated rings. The van der Waals surface area contributed by atoms with E-state index in [2.05, 4.69) is 0 Å². The SMILES string of the molecule is COc1c(F)cc(C(N)CC(=O)O)cc1Cl. The van der Waals surface area contributed by atoms with Gasteiger partial charge in [-0.05, 0) is 17.7 Å². The summed E-state index contributed by atoms with van der Waals surface area (Å²) in [6, 6.07) is 1.73. The minimum atomic E-state index is -1.06. The van der Waals surface area contributed by atoms with Gasteiger partial charge in [0.25, 0.3) is 0 Å². The maximum Gasteiger partial charge on any atom is 0.305 e. The Kier molecular flexibility index (Phi) is 4.09. The molecule has 1 atom stereocenters. The van der Waals surface area contributed by atoms with Crippen LogP contribution >= 0.6 is 11.6 Å². The molecule has 0 aromatic heterocycles. The van der Waals surface area contributed by atoms with Crippen molar-refractivity contribution in [2.45, 2.75) is 12.5 Å². The van der Waals surface area contributed by atoms with Crippen LogP contribution in [0.15, 0.2) is 12.1 Å². The van der Waals surface area contributed by atoms with Gasteiger partial charge in [0.05, 0.1) is 18.6 Å². The maximum atomic E-state index is 13.4. The van der Waals surface area contributed by atoms with Gasteiger partial charge in [0.1, 0.15) is 0 Å². The molecule has 0 aliphatic heterocycles. The molecule has 0 bridgehead atoms. The van der Waals surface area contributed by atoms with Crippen molar-refractivity contribution in [2.75, 3.05) is 7.11 Å². The molecule has 3 N–H and O–H groups in total. The van der Waals surface area contributed by atoms with E-state index in [1.807, 2.05) is 0 Å². The fourth-order valence-electron chi connectivity index (χ4n) is 1.29. The Morgan fingerprint density at radius 2 is 2.31 bits per heavy atom. The molecule has 0 aliphatic carbocycles. The molecule has 1 unspecified atom stereocenters. The Morgan fingerprint density at radius 3 is 2.75 bits per heavy atom. The van der Waals surface area contributed by atoms with Crippen LogP contribution < -0.4 is 10.5 Å². The summed E-state index contributed by atoms with van der Waals surface area (Å²) in [5.74, 6) is -1.79. The van der Waals surface area contributed by atoms with Gasteiger partial charge in [-0.15, -0.1) is 0 Å². The van der Waals surface area contributed by atoms with Crippen LogP contribution in [0, 0.1) is 5.82 Å². The van der Waals surface area contributed by atoms with Gasteiger partial charge in [0.15, 0.2) is 11.6 Å². The lowest BCUT2D eigenvalue weighted by molar-refractivity contribution is -0.137. The zero-order chi connectivity index (χ0) is 12.3. The van der Waals surface area contributed by atoms with E-state index in [1.54, 1.807) is 0 Å². The van der Waals surface area contributed by atoms with E-state index in [9.17, 15) is 9.18 Å². The van der Waals surface area contributed by atoms with Crippen molar-refractivity contribution in [3.8, 4) is 5.75 Å². The van der Waals surface area contributed by atoms with Gasteiger partial charge in [0.2, 0.25) is 0 Å². The van der Waals surface area contributed by atoms with Crippen molar-refractivity contribution >= 4 is 17.6 Å². The van der Waals surface area contributed by atoms with Crippen molar-refractivity contribution in [1.29, 1.82) is 0 Å². The number of methoxy groups -OCH3 is 1. The Bertz CT molecular complexity index is 388. The number of carboxylic acid groups (broad SMARTS) is 1. The largest absolute Gasteiger partial charge is 0.492 e. The number of hydrogen-bond acceptors (Lipinski definition) is 3. The van der Waals surface area contributed by atoms with E-state index in [0.717, 1.165) is 6.07 Å². The lowest BCUT2D eigenvalue weighted by Crippen LogP contribution is -2.15. The molecule has 16 heavy (non-hydrogen) atoms. The van der Waals surface area contributed by atoms with Gasteiger partial charge in [-0.2, -0.15) is 0 Å². The molecule has 0 saturated heterocycles. The zero-order valence-corrected chi connectivity index (χ0v) is 9.29. The number of rotatable bonds is 4. The third kappa shape index (κ3) is 2.84. The van der Waals surface area contributed by atoms with Crippen LogP contribution in [0.4, 0.5) is 4.39 Å². The number of ether oxygens (including phenoxy) is 1. The average molecular weight is 248 g/mol. The monoisotopic (exact) mass is 247 g/mol. The topological polar surface area (TPSA) is 72.5 Å². The van der Waals surface area contributed by atoms with Gasteiger partial charge in [-0.1, -0.05) is 11.6 Å². The Morgan fingerprint density at radius 1 is 1.69 bits per heavy atom. The van der Waals surface area contributed by atoms with Gasteiger partial charge in [-0.25, -0.2) is 4.39 Å². The molecule has 0 spiro atoms. The summed E-state index contributed by atoms with van der Waals surface area (Å²) in [7, 11) is 1.29. The molecular formula is C10H11ClFNO3. The molecule has 88 valence electrons. The third-order valence-electron chi connectivity index (χ3n) is 2.05. The molecule has 1 aromatic carbocycles. The first-order chi connectivity index (χ1) is 7.45. The summed E-state index contributed by atoms with van der Waals surface area (Å²) in [6.07, 6.45) is -0.290. The predicted molar refractivity (Wildman–Crippen MR) is 57.1 cm³/mol. The zero-order valence-electron chi connectivity index (χ0n) is 8.54. The normalized spacial score (nSPS) is 12.2. The molecule has 0 aliphatic rings. The lowest BCUT2D eigenvalue weighted by atomic mass is 10.0. The first-order valence-corrected chi connectivity index (χ1v) is 4.83. The highest BCUT2D eigenvalue weighted by atomic mass is 35.5. The highest BCUT2D eigenvalue weighted by Crippen LogP contribution is 2.31. The van der Waals surface area contributed by atoms with E-state index in [-0.39, 0.29) is 17.2 Å². The quantitative estimate of drug-likeness (QED) is 0.853. The van der Waals surface area contributed by atoms with Crippen LogP contribution in [0.2, 0.25) is 5.02 Å². The predicted octanol–water partition coefficient (Wildman–Crippen LogP) is 1.96. The first kappa shape index (κ1) is 12.7. The van der Waals surface area contributed by atoms with Crippen molar-refractivity contribution < 1.29 is 19.0 Å². The summed E-state index contributed by atoms with van der Waals surface area (Å²) < 4.78 is 18.1. The number of carboxylic acids is 1. The van der Waals surface area contributed by atoms with E-state index < -0.39 is 17.8 Å². The Labute approximate surface area is 96.8 Å². The standard InChI is InChI=1S/C10H11ClFNO3/c1-16-10-6(11)2-5(3-7(10)12)8(13)4-9(14)15/h2-3,8H,4,13H2,1H3,(H,14,15). The molecule has 0 saturated carbocycles. The number of carbonyl (C=O) groups is 1. The second kappa shape index (κ2) is 5.14.